The number of hydrogen-bond donors (Lipinski definition) is 0. The number of carbonyl (C=O) groups is 2. The lowest BCUT2D eigenvalue weighted by atomic mass is 10.1. The summed E-state index contributed by atoms with van der Waals surface area (Å²) >= 11 is 0. The van der Waals surface area contributed by atoms with Crippen molar-refractivity contribution >= 4 is 11.7 Å². The van der Waals surface area contributed by atoms with Gasteiger partial charge in [0, 0.05) is 54.7 Å². The van der Waals surface area contributed by atoms with Crippen LogP contribution in [0.4, 0.5) is 0 Å². The molecule has 5 nitrogen and oxygen atoms in total. The SMILES string of the molecule is Cc1cccc(C(=O)N2CCN(CC(=O)c3cc(C)n(C(C)C)c3C)CC2)c1. The zero-order valence-electron chi connectivity index (χ0n) is 17.7. The smallest absolute Gasteiger partial charge is 0.253 e. The van der Waals surface area contributed by atoms with Crippen molar-refractivity contribution in [2.75, 3.05) is 32.7 Å². The van der Waals surface area contributed by atoms with Gasteiger partial charge in [-0.2, -0.15) is 0 Å². The van der Waals surface area contributed by atoms with E-state index in [1.807, 2.05) is 49.1 Å². The Hall–Kier alpha value is -2.40. The van der Waals surface area contributed by atoms with Gasteiger partial charge in [0.15, 0.2) is 5.78 Å². The molecule has 1 saturated heterocycles. The maximum Gasteiger partial charge on any atom is 0.253 e. The van der Waals surface area contributed by atoms with Crippen molar-refractivity contribution in [2.24, 2.45) is 0 Å². The summed E-state index contributed by atoms with van der Waals surface area (Å²) in [5.41, 5.74) is 4.83. The molecular formula is C23H31N3O2. The van der Waals surface area contributed by atoms with Crippen LogP contribution in [0.5, 0.6) is 0 Å². The van der Waals surface area contributed by atoms with Crippen molar-refractivity contribution in [3.05, 3.63) is 58.4 Å². The first-order valence-corrected chi connectivity index (χ1v) is 10.1. The third-order valence-corrected chi connectivity index (χ3v) is 5.59. The predicted octanol–water partition coefficient (Wildman–Crippen LogP) is 3.63. The van der Waals surface area contributed by atoms with Gasteiger partial charge in [0.2, 0.25) is 0 Å². The molecule has 2 aromatic rings. The molecule has 28 heavy (non-hydrogen) atoms. The van der Waals surface area contributed by atoms with Crippen molar-refractivity contribution in [1.82, 2.24) is 14.4 Å². The van der Waals surface area contributed by atoms with Crippen LogP contribution < -0.4 is 0 Å². The van der Waals surface area contributed by atoms with Crippen LogP contribution >= 0.6 is 0 Å². The van der Waals surface area contributed by atoms with Gasteiger partial charge in [0.05, 0.1) is 6.54 Å². The van der Waals surface area contributed by atoms with Crippen LogP contribution in [0, 0.1) is 20.8 Å². The van der Waals surface area contributed by atoms with E-state index >= 15 is 0 Å². The second kappa shape index (κ2) is 8.31. The molecule has 1 aliphatic heterocycles. The average Bonchev–Trinajstić information content (AvgIpc) is 2.96. The van der Waals surface area contributed by atoms with Crippen molar-refractivity contribution in [1.29, 1.82) is 0 Å². The minimum absolute atomic E-state index is 0.0788. The highest BCUT2D eigenvalue weighted by atomic mass is 16.2. The van der Waals surface area contributed by atoms with Gasteiger partial charge in [-0.15, -0.1) is 0 Å². The van der Waals surface area contributed by atoms with E-state index in [9.17, 15) is 9.59 Å². The average molecular weight is 382 g/mol. The van der Waals surface area contributed by atoms with Gasteiger partial charge in [0.1, 0.15) is 0 Å². The summed E-state index contributed by atoms with van der Waals surface area (Å²) in [4.78, 5) is 29.6. The van der Waals surface area contributed by atoms with Gasteiger partial charge in [-0.05, 0) is 52.8 Å². The second-order valence-corrected chi connectivity index (χ2v) is 8.11. The first kappa shape index (κ1) is 20.3. The van der Waals surface area contributed by atoms with E-state index in [-0.39, 0.29) is 11.7 Å². The zero-order valence-corrected chi connectivity index (χ0v) is 17.7. The van der Waals surface area contributed by atoms with Crippen LogP contribution in [0.25, 0.3) is 0 Å². The quantitative estimate of drug-likeness (QED) is 0.743. The third-order valence-electron chi connectivity index (χ3n) is 5.59. The predicted molar refractivity (Wildman–Crippen MR) is 112 cm³/mol. The topological polar surface area (TPSA) is 45.6 Å². The van der Waals surface area contributed by atoms with Crippen molar-refractivity contribution < 1.29 is 9.59 Å². The molecular weight excluding hydrogens is 350 g/mol. The van der Waals surface area contributed by atoms with E-state index < -0.39 is 0 Å². The first-order chi connectivity index (χ1) is 13.3. The lowest BCUT2D eigenvalue weighted by molar-refractivity contribution is 0.0624. The van der Waals surface area contributed by atoms with Gasteiger partial charge in [-0.25, -0.2) is 0 Å². The molecule has 0 radical (unpaired) electrons. The summed E-state index contributed by atoms with van der Waals surface area (Å²) in [6, 6.07) is 10.1. The molecule has 5 heteroatoms. The number of piperazine rings is 1. The van der Waals surface area contributed by atoms with Crippen LogP contribution in [0.3, 0.4) is 0 Å². The van der Waals surface area contributed by atoms with Crippen LogP contribution in [-0.2, 0) is 0 Å². The summed E-state index contributed by atoms with van der Waals surface area (Å²) in [5.74, 6) is 0.244. The number of amides is 1. The van der Waals surface area contributed by atoms with E-state index in [2.05, 4.69) is 30.2 Å². The summed E-state index contributed by atoms with van der Waals surface area (Å²) in [6.45, 7) is 13.5. The number of aryl methyl sites for hydroxylation is 2. The number of ketones is 1. The van der Waals surface area contributed by atoms with Gasteiger partial charge < -0.3 is 9.47 Å². The minimum Gasteiger partial charge on any atom is -0.346 e. The molecule has 0 N–H and O–H groups in total. The maximum atomic E-state index is 12.9. The van der Waals surface area contributed by atoms with E-state index in [0.717, 1.165) is 41.2 Å². The number of benzene rings is 1. The molecule has 2 heterocycles. The molecule has 0 saturated carbocycles. The summed E-state index contributed by atoms with van der Waals surface area (Å²) in [6.07, 6.45) is 0. The molecule has 3 rings (SSSR count). The zero-order chi connectivity index (χ0) is 20.4. The Balaban J connectivity index is 1.59. The molecule has 1 aromatic carbocycles. The number of rotatable bonds is 5. The van der Waals surface area contributed by atoms with Crippen LogP contribution in [0.2, 0.25) is 0 Å². The highest BCUT2D eigenvalue weighted by Crippen LogP contribution is 2.21. The van der Waals surface area contributed by atoms with Gasteiger partial charge in [-0.3, -0.25) is 14.5 Å². The van der Waals surface area contributed by atoms with Crippen molar-refractivity contribution in [2.45, 2.75) is 40.7 Å². The van der Waals surface area contributed by atoms with E-state index in [1.165, 1.54) is 0 Å². The summed E-state index contributed by atoms with van der Waals surface area (Å²) in [7, 11) is 0. The molecule has 1 aliphatic rings. The highest BCUT2D eigenvalue weighted by molar-refractivity contribution is 5.99. The number of carbonyl (C=O) groups excluding carboxylic acids is 2. The Morgan fingerprint density at radius 1 is 1.00 bits per heavy atom. The number of nitrogens with zero attached hydrogens (tertiary/aromatic N) is 3. The van der Waals surface area contributed by atoms with Crippen LogP contribution in [-0.4, -0.2) is 58.8 Å². The fourth-order valence-corrected chi connectivity index (χ4v) is 4.21. The fourth-order valence-electron chi connectivity index (χ4n) is 4.21. The van der Waals surface area contributed by atoms with Crippen LogP contribution in [0.1, 0.15) is 57.6 Å². The Labute approximate surface area is 167 Å². The van der Waals surface area contributed by atoms with E-state index in [0.29, 0.717) is 25.7 Å². The molecule has 0 bridgehead atoms. The van der Waals surface area contributed by atoms with Crippen molar-refractivity contribution in [3.63, 3.8) is 0 Å². The Bertz CT molecular complexity index is 874. The normalized spacial score (nSPS) is 15.3. The summed E-state index contributed by atoms with van der Waals surface area (Å²) < 4.78 is 2.21. The largest absolute Gasteiger partial charge is 0.346 e. The van der Waals surface area contributed by atoms with Gasteiger partial charge in [-0.1, -0.05) is 17.7 Å². The Morgan fingerprint density at radius 3 is 2.25 bits per heavy atom. The molecule has 0 aliphatic carbocycles. The van der Waals surface area contributed by atoms with E-state index in [4.69, 9.17) is 0 Å². The highest BCUT2D eigenvalue weighted by Gasteiger charge is 2.25. The molecule has 0 spiro atoms. The van der Waals surface area contributed by atoms with Crippen molar-refractivity contribution in [3.8, 4) is 0 Å². The molecule has 150 valence electrons. The second-order valence-electron chi connectivity index (χ2n) is 8.11. The Morgan fingerprint density at radius 2 is 1.68 bits per heavy atom. The lowest BCUT2D eigenvalue weighted by Crippen LogP contribution is -2.49. The molecule has 1 amide bonds. The minimum atomic E-state index is 0.0788. The summed E-state index contributed by atoms with van der Waals surface area (Å²) in [5, 5.41) is 0. The van der Waals surface area contributed by atoms with Crippen LogP contribution in [0.15, 0.2) is 30.3 Å². The molecule has 0 unspecified atom stereocenters. The Kier molecular flexibility index (Phi) is 6.04. The van der Waals surface area contributed by atoms with Gasteiger partial charge >= 0.3 is 0 Å². The molecule has 1 fully saturated rings. The monoisotopic (exact) mass is 381 g/mol. The fraction of sp³-hybridized carbons (Fsp3) is 0.478. The molecule has 1 aromatic heterocycles. The number of hydrogen-bond acceptors (Lipinski definition) is 3. The number of aromatic nitrogens is 1. The van der Waals surface area contributed by atoms with E-state index in [1.54, 1.807) is 0 Å². The third kappa shape index (κ3) is 4.20. The van der Waals surface area contributed by atoms with Gasteiger partial charge in [0.25, 0.3) is 5.91 Å². The molecule has 0 atom stereocenters. The number of Topliss-reactive ketones (excluding diaryl/α,β-unsaturated/α-hetero) is 1. The first-order valence-electron chi connectivity index (χ1n) is 10.1. The lowest BCUT2D eigenvalue weighted by Gasteiger charge is -2.34. The maximum absolute atomic E-state index is 12.9. The standard InChI is InChI=1S/C23H31N3O2/c1-16(2)26-18(4)14-21(19(26)5)22(27)15-24-9-11-25(12-10-24)23(28)20-8-6-7-17(3)13-20/h6-8,13-14,16H,9-12,15H2,1-5H3.